The maximum Gasteiger partial charge on any atom is 0.330 e. The molecule has 0 spiro atoms. The Morgan fingerprint density at radius 3 is 2.68 bits per heavy atom. The molecule has 3 rings (SSSR count). The summed E-state index contributed by atoms with van der Waals surface area (Å²) >= 11 is 4.48. The topological polar surface area (TPSA) is 90.4 Å². The van der Waals surface area contributed by atoms with Gasteiger partial charge in [-0.05, 0) is 31.6 Å². The summed E-state index contributed by atoms with van der Waals surface area (Å²) in [7, 11) is 0. The van der Waals surface area contributed by atoms with Gasteiger partial charge in [0.05, 0.1) is 0 Å². The van der Waals surface area contributed by atoms with Gasteiger partial charge < -0.3 is 15.3 Å². The highest BCUT2D eigenvalue weighted by atomic mass is 32.1. The van der Waals surface area contributed by atoms with Crippen LogP contribution in [0, 0.1) is 5.92 Å². The van der Waals surface area contributed by atoms with E-state index in [-0.39, 0.29) is 23.6 Å². The summed E-state index contributed by atoms with van der Waals surface area (Å²) in [6.45, 7) is 3.28. The van der Waals surface area contributed by atoms with E-state index in [2.05, 4.69) is 34.8 Å². The predicted octanol–water partition coefficient (Wildman–Crippen LogP) is 1.38. The molecule has 0 radical (unpaired) electrons. The molecule has 0 bridgehead atoms. The van der Waals surface area contributed by atoms with E-state index < -0.39 is 5.69 Å². The van der Waals surface area contributed by atoms with Crippen LogP contribution in [0.15, 0.2) is 9.59 Å². The van der Waals surface area contributed by atoms with Gasteiger partial charge in [0.25, 0.3) is 5.56 Å². The van der Waals surface area contributed by atoms with Gasteiger partial charge in [-0.2, -0.15) is 12.6 Å². The first-order valence-electron chi connectivity index (χ1n) is 9.26. The number of H-pyrrole nitrogens is 1. The highest BCUT2D eigenvalue weighted by Crippen LogP contribution is 2.39. The second-order valence-corrected chi connectivity index (χ2v) is 7.79. The molecule has 0 saturated heterocycles. The van der Waals surface area contributed by atoms with E-state index in [1.807, 2.05) is 0 Å². The maximum atomic E-state index is 12.5. The summed E-state index contributed by atoms with van der Waals surface area (Å²) < 4.78 is 1.61. The molecule has 1 fully saturated rings. The summed E-state index contributed by atoms with van der Waals surface area (Å²) in [5.74, 6) is 1.18. The third-order valence-electron chi connectivity index (χ3n) is 5.24. The SMILES string of the molecule is CCCN1c2c(c(=O)[nH]c(=O)n2CC(S)CCO)NC1C1CCCC1. The van der Waals surface area contributed by atoms with Gasteiger partial charge >= 0.3 is 5.69 Å². The molecule has 1 saturated carbocycles. The van der Waals surface area contributed by atoms with Crippen molar-refractivity contribution in [3.05, 3.63) is 20.8 Å². The second kappa shape index (κ2) is 7.86. The molecule has 8 heteroatoms. The van der Waals surface area contributed by atoms with Crippen LogP contribution in [0.4, 0.5) is 11.5 Å². The number of hydrogen-bond donors (Lipinski definition) is 4. The predicted molar refractivity (Wildman–Crippen MR) is 103 cm³/mol. The molecule has 0 amide bonds. The largest absolute Gasteiger partial charge is 0.396 e. The van der Waals surface area contributed by atoms with Crippen LogP contribution < -0.4 is 21.5 Å². The lowest BCUT2D eigenvalue weighted by atomic mass is 10.0. The minimum absolute atomic E-state index is 0.0239. The van der Waals surface area contributed by atoms with Crippen LogP contribution >= 0.6 is 12.6 Å². The van der Waals surface area contributed by atoms with Gasteiger partial charge in [0.15, 0.2) is 0 Å². The molecule has 0 aromatic carbocycles. The summed E-state index contributed by atoms with van der Waals surface area (Å²) in [6, 6.07) is 0. The van der Waals surface area contributed by atoms with Gasteiger partial charge in [0.2, 0.25) is 0 Å². The Bertz CT molecular complexity index is 711. The summed E-state index contributed by atoms with van der Waals surface area (Å²) in [5.41, 5.74) is -0.263. The van der Waals surface area contributed by atoms with E-state index in [0.29, 0.717) is 30.4 Å². The molecule has 1 aliphatic carbocycles. The molecule has 1 aromatic heterocycles. The number of thiol groups is 1. The molecule has 25 heavy (non-hydrogen) atoms. The summed E-state index contributed by atoms with van der Waals surface area (Å²) in [5, 5.41) is 12.4. The lowest BCUT2D eigenvalue weighted by Crippen LogP contribution is -2.43. The van der Waals surface area contributed by atoms with Crippen molar-refractivity contribution in [2.45, 2.75) is 63.4 Å². The van der Waals surface area contributed by atoms with Crippen molar-refractivity contribution in [1.29, 1.82) is 0 Å². The number of aliphatic hydroxyl groups excluding tert-OH is 1. The molecule has 3 N–H and O–H groups in total. The highest BCUT2D eigenvalue weighted by Gasteiger charge is 2.39. The molecule has 2 aliphatic rings. The number of anilines is 2. The van der Waals surface area contributed by atoms with Crippen molar-refractivity contribution in [2.75, 3.05) is 23.4 Å². The molecule has 1 aromatic rings. The number of rotatable bonds is 7. The first-order chi connectivity index (χ1) is 12.1. The minimum Gasteiger partial charge on any atom is -0.396 e. The zero-order chi connectivity index (χ0) is 18.0. The molecule has 2 unspecified atom stereocenters. The third kappa shape index (κ3) is 3.60. The van der Waals surface area contributed by atoms with Crippen LogP contribution in [0.3, 0.4) is 0 Å². The van der Waals surface area contributed by atoms with E-state index in [9.17, 15) is 9.59 Å². The van der Waals surface area contributed by atoms with Gasteiger partial charge in [-0.3, -0.25) is 14.3 Å². The Hall–Kier alpha value is -1.41. The van der Waals surface area contributed by atoms with E-state index in [1.165, 1.54) is 12.8 Å². The third-order valence-corrected chi connectivity index (χ3v) is 5.66. The zero-order valence-corrected chi connectivity index (χ0v) is 15.6. The Morgan fingerprint density at radius 1 is 1.32 bits per heavy atom. The zero-order valence-electron chi connectivity index (χ0n) is 14.7. The Balaban J connectivity index is 2.02. The van der Waals surface area contributed by atoms with E-state index in [0.717, 1.165) is 25.8 Å². The average Bonchev–Trinajstić information content (AvgIpc) is 3.20. The Morgan fingerprint density at radius 2 is 2.04 bits per heavy atom. The number of aromatic nitrogens is 2. The van der Waals surface area contributed by atoms with Crippen LogP contribution in [0.2, 0.25) is 0 Å². The van der Waals surface area contributed by atoms with Crippen LogP contribution in [0.25, 0.3) is 0 Å². The smallest absolute Gasteiger partial charge is 0.330 e. The number of aliphatic hydroxyl groups is 1. The summed E-state index contributed by atoms with van der Waals surface area (Å²) in [4.78, 5) is 29.5. The number of nitrogens with one attached hydrogen (secondary N) is 2. The standard InChI is InChI=1S/C17H28N4O3S/c1-2-8-20-14(11-5-3-4-6-11)18-13-15(23)19-17(24)21(16(13)20)10-12(25)7-9-22/h11-12,14,18,22,25H,2-10H2,1H3,(H,19,23,24). The van der Waals surface area contributed by atoms with Gasteiger partial charge in [0.1, 0.15) is 17.7 Å². The lowest BCUT2D eigenvalue weighted by molar-refractivity contribution is 0.283. The first kappa shape index (κ1) is 18.4. The Kier molecular flexibility index (Phi) is 5.78. The summed E-state index contributed by atoms with van der Waals surface area (Å²) in [6.07, 6.45) is 6.24. The molecule has 7 nitrogen and oxygen atoms in total. The molecule has 1 aliphatic heterocycles. The average molecular weight is 369 g/mol. The van der Waals surface area contributed by atoms with E-state index in [1.54, 1.807) is 4.57 Å². The normalized spacial score (nSPS) is 21.4. The van der Waals surface area contributed by atoms with Crippen LogP contribution in [-0.2, 0) is 6.54 Å². The second-order valence-electron chi connectivity index (χ2n) is 7.06. The fraction of sp³-hybridized carbons (Fsp3) is 0.765. The van der Waals surface area contributed by atoms with Crippen LogP contribution in [0.1, 0.15) is 45.4 Å². The Labute approximate surface area is 152 Å². The monoisotopic (exact) mass is 368 g/mol. The van der Waals surface area contributed by atoms with Crippen molar-refractivity contribution in [3.8, 4) is 0 Å². The van der Waals surface area contributed by atoms with Crippen molar-refractivity contribution < 1.29 is 5.11 Å². The van der Waals surface area contributed by atoms with Crippen molar-refractivity contribution in [3.63, 3.8) is 0 Å². The van der Waals surface area contributed by atoms with Crippen molar-refractivity contribution in [1.82, 2.24) is 9.55 Å². The van der Waals surface area contributed by atoms with Gasteiger partial charge in [-0.25, -0.2) is 4.79 Å². The minimum atomic E-state index is -0.407. The van der Waals surface area contributed by atoms with Gasteiger partial charge in [0, 0.05) is 24.9 Å². The lowest BCUT2D eigenvalue weighted by Gasteiger charge is -2.31. The molecular formula is C17H28N4O3S. The van der Waals surface area contributed by atoms with Gasteiger partial charge in [-0.1, -0.05) is 19.8 Å². The van der Waals surface area contributed by atoms with Crippen molar-refractivity contribution >= 4 is 24.1 Å². The fourth-order valence-electron chi connectivity index (χ4n) is 4.10. The quantitative estimate of drug-likeness (QED) is 0.546. The molecular weight excluding hydrogens is 340 g/mol. The van der Waals surface area contributed by atoms with E-state index in [4.69, 9.17) is 5.11 Å². The maximum absolute atomic E-state index is 12.5. The number of aromatic amines is 1. The van der Waals surface area contributed by atoms with E-state index >= 15 is 0 Å². The highest BCUT2D eigenvalue weighted by molar-refractivity contribution is 7.80. The number of nitrogens with zero attached hydrogens (tertiary/aromatic N) is 2. The fourth-order valence-corrected chi connectivity index (χ4v) is 4.38. The number of hydrogen-bond acceptors (Lipinski definition) is 6. The molecule has 140 valence electrons. The molecule has 2 heterocycles. The first-order valence-corrected chi connectivity index (χ1v) is 9.77. The van der Waals surface area contributed by atoms with Crippen LogP contribution in [0.5, 0.6) is 0 Å². The van der Waals surface area contributed by atoms with Gasteiger partial charge in [-0.15, -0.1) is 0 Å². The molecule has 2 atom stereocenters. The van der Waals surface area contributed by atoms with Crippen LogP contribution in [-0.4, -0.2) is 39.2 Å². The van der Waals surface area contributed by atoms with Crippen molar-refractivity contribution in [2.24, 2.45) is 5.92 Å². The number of fused-ring (bicyclic) bond motifs is 1.